The van der Waals surface area contributed by atoms with Crippen LogP contribution in [0.25, 0.3) is 0 Å². The quantitative estimate of drug-likeness (QED) is 0.463. The molecular formula is C14H9BrClNO3. The van der Waals surface area contributed by atoms with Crippen LogP contribution < -0.4 is 0 Å². The van der Waals surface area contributed by atoms with Crippen molar-refractivity contribution in [3.05, 3.63) is 73.2 Å². The number of ketones is 1. The van der Waals surface area contributed by atoms with Crippen molar-refractivity contribution in [2.45, 2.75) is 6.42 Å². The predicted molar refractivity (Wildman–Crippen MR) is 80.3 cm³/mol. The zero-order chi connectivity index (χ0) is 14.7. The van der Waals surface area contributed by atoms with Crippen LogP contribution in [0.15, 0.2) is 46.9 Å². The van der Waals surface area contributed by atoms with Gasteiger partial charge in [0.25, 0.3) is 5.69 Å². The SMILES string of the molecule is O=C(Cc1ccc(Br)cc1)c1ccc(Cl)cc1[N+](=O)[O-]. The molecule has 2 aromatic rings. The van der Waals surface area contributed by atoms with Gasteiger partial charge in [0.2, 0.25) is 0 Å². The summed E-state index contributed by atoms with van der Waals surface area (Å²) in [7, 11) is 0. The van der Waals surface area contributed by atoms with Crippen LogP contribution in [0.3, 0.4) is 0 Å². The summed E-state index contributed by atoms with van der Waals surface area (Å²) in [5.74, 6) is -0.310. The van der Waals surface area contributed by atoms with Gasteiger partial charge < -0.3 is 0 Å². The molecule has 0 radical (unpaired) electrons. The van der Waals surface area contributed by atoms with Gasteiger partial charge in [-0.15, -0.1) is 0 Å². The molecule has 0 aliphatic heterocycles. The summed E-state index contributed by atoms with van der Waals surface area (Å²) in [5, 5.41) is 11.2. The molecule has 0 fully saturated rings. The fourth-order valence-electron chi connectivity index (χ4n) is 1.77. The van der Waals surface area contributed by atoms with Crippen LogP contribution in [0.1, 0.15) is 15.9 Å². The van der Waals surface area contributed by atoms with Crippen molar-refractivity contribution in [3.63, 3.8) is 0 Å². The zero-order valence-electron chi connectivity index (χ0n) is 10.2. The van der Waals surface area contributed by atoms with Gasteiger partial charge in [0.05, 0.1) is 10.5 Å². The first-order valence-corrected chi connectivity index (χ1v) is 6.86. The van der Waals surface area contributed by atoms with Crippen LogP contribution in [0.5, 0.6) is 0 Å². The molecule has 0 saturated carbocycles. The Labute approximate surface area is 128 Å². The van der Waals surface area contributed by atoms with E-state index in [1.165, 1.54) is 18.2 Å². The molecule has 20 heavy (non-hydrogen) atoms. The van der Waals surface area contributed by atoms with Crippen LogP contribution in [-0.4, -0.2) is 10.7 Å². The van der Waals surface area contributed by atoms with Crippen molar-refractivity contribution >= 4 is 39.0 Å². The third kappa shape index (κ3) is 3.43. The summed E-state index contributed by atoms with van der Waals surface area (Å²) < 4.78 is 0.908. The van der Waals surface area contributed by atoms with E-state index in [9.17, 15) is 14.9 Å². The van der Waals surface area contributed by atoms with Crippen LogP contribution in [-0.2, 0) is 6.42 Å². The van der Waals surface area contributed by atoms with Crippen molar-refractivity contribution in [1.82, 2.24) is 0 Å². The van der Waals surface area contributed by atoms with Crippen LogP contribution in [0.4, 0.5) is 5.69 Å². The van der Waals surface area contributed by atoms with E-state index in [0.717, 1.165) is 10.0 Å². The van der Waals surface area contributed by atoms with E-state index in [4.69, 9.17) is 11.6 Å². The van der Waals surface area contributed by atoms with E-state index in [1.807, 2.05) is 12.1 Å². The average molecular weight is 355 g/mol. The number of Topliss-reactive ketones (excluding diaryl/α,β-unsaturated/α-hetero) is 1. The van der Waals surface area contributed by atoms with Gasteiger partial charge in [-0.25, -0.2) is 0 Å². The summed E-state index contributed by atoms with van der Waals surface area (Å²) >= 11 is 9.03. The molecule has 0 spiro atoms. The molecule has 6 heteroatoms. The molecule has 0 bridgehead atoms. The standard InChI is InChI=1S/C14H9BrClNO3/c15-10-3-1-9(2-4-10)7-14(18)12-6-5-11(16)8-13(12)17(19)20/h1-6,8H,7H2. The van der Waals surface area contributed by atoms with Gasteiger partial charge in [-0.3, -0.25) is 14.9 Å². The normalized spacial score (nSPS) is 10.3. The van der Waals surface area contributed by atoms with Crippen LogP contribution in [0, 0.1) is 10.1 Å². The molecule has 0 aliphatic carbocycles. The molecule has 2 rings (SSSR count). The fourth-order valence-corrected chi connectivity index (χ4v) is 2.21. The summed E-state index contributed by atoms with van der Waals surface area (Å²) in [4.78, 5) is 22.5. The maximum absolute atomic E-state index is 12.2. The highest BCUT2D eigenvalue weighted by atomic mass is 79.9. The summed E-state index contributed by atoms with van der Waals surface area (Å²) in [6, 6.07) is 11.3. The zero-order valence-corrected chi connectivity index (χ0v) is 12.5. The number of carbonyl (C=O) groups excluding carboxylic acids is 1. The third-order valence-electron chi connectivity index (χ3n) is 2.73. The minimum Gasteiger partial charge on any atom is -0.294 e. The van der Waals surface area contributed by atoms with Crippen molar-refractivity contribution in [2.24, 2.45) is 0 Å². The number of hydrogen-bond acceptors (Lipinski definition) is 3. The molecule has 0 aromatic heterocycles. The lowest BCUT2D eigenvalue weighted by Gasteiger charge is -2.03. The Morgan fingerprint density at radius 1 is 1.20 bits per heavy atom. The van der Waals surface area contributed by atoms with Crippen molar-refractivity contribution in [1.29, 1.82) is 0 Å². The molecular weight excluding hydrogens is 346 g/mol. The van der Waals surface area contributed by atoms with Crippen molar-refractivity contribution in [3.8, 4) is 0 Å². The van der Waals surface area contributed by atoms with E-state index < -0.39 is 4.92 Å². The molecule has 0 unspecified atom stereocenters. The smallest absolute Gasteiger partial charge is 0.281 e. The van der Waals surface area contributed by atoms with Crippen molar-refractivity contribution < 1.29 is 9.72 Å². The highest BCUT2D eigenvalue weighted by Gasteiger charge is 2.20. The number of halogens is 2. The van der Waals surface area contributed by atoms with Gasteiger partial charge in [0.15, 0.2) is 5.78 Å². The molecule has 102 valence electrons. The summed E-state index contributed by atoms with van der Waals surface area (Å²) in [6.07, 6.45) is 0.107. The van der Waals surface area contributed by atoms with Gasteiger partial charge in [0.1, 0.15) is 0 Å². The molecule has 4 nitrogen and oxygen atoms in total. The van der Waals surface area contributed by atoms with Gasteiger partial charge >= 0.3 is 0 Å². The molecule has 0 atom stereocenters. The van der Waals surface area contributed by atoms with Crippen LogP contribution >= 0.6 is 27.5 Å². The Balaban J connectivity index is 2.29. The number of nitro groups is 1. The lowest BCUT2D eigenvalue weighted by molar-refractivity contribution is -0.385. The van der Waals surface area contributed by atoms with Crippen molar-refractivity contribution in [2.75, 3.05) is 0 Å². The molecule has 0 N–H and O–H groups in total. The Morgan fingerprint density at radius 2 is 1.85 bits per heavy atom. The summed E-state index contributed by atoms with van der Waals surface area (Å²) in [6.45, 7) is 0. The van der Waals surface area contributed by atoms with Gasteiger partial charge in [-0.2, -0.15) is 0 Å². The van der Waals surface area contributed by atoms with E-state index in [0.29, 0.717) is 0 Å². The lowest BCUT2D eigenvalue weighted by atomic mass is 10.0. The molecule has 0 aliphatic rings. The van der Waals surface area contributed by atoms with Gasteiger partial charge in [0, 0.05) is 22.0 Å². The minimum atomic E-state index is -0.597. The van der Waals surface area contributed by atoms with E-state index >= 15 is 0 Å². The average Bonchev–Trinajstić information content (AvgIpc) is 2.41. The van der Waals surface area contributed by atoms with Gasteiger partial charge in [-0.05, 0) is 29.8 Å². The molecule has 0 saturated heterocycles. The lowest BCUT2D eigenvalue weighted by Crippen LogP contribution is -2.07. The Kier molecular flexibility index (Phi) is 4.52. The minimum absolute atomic E-state index is 0.0716. The molecule has 2 aromatic carbocycles. The Hall–Kier alpha value is -1.72. The van der Waals surface area contributed by atoms with E-state index in [2.05, 4.69) is 15.9 Å². The van der Waals surface area contributed by atoms with E-state index in [1.54, 1.807) is 12.1 Å². The second kappa shape index (κ2) is 6.15. The number of hydrogen-bond donors (Lipinski definition) is 0. The summed E-state index contributed by atoms with van der Waals surface area (Å²) in [5.41, 5.74) is 0.601. The largest absolute Gasteiger partial charge is 0.294 e. The first kappa shape index (κ1) is 14.7. The first-order valence-electron chi connectivity index (χ1n) is 5.69. The Morgan fingerprint density at radius 3 is 2.45 bits per heavy atom. The monoisotopic (exact) mass is 353 g/mol. The number of nitrogens with zero attached hydrogens (tertiary/aromatic N) is 1. The number of rotatable bonds is 4. The van der Waals surface area contributed by atoms with Crippen LogP contribution in [0.2, 0.25) is 5.02 Å². The molecule has 0 amide bonds. The topological polar surface area (TPSA) is 60.2 Å². The number of nitro benzene ring substituents is 1. The third-order valence-corrected chi connectivity index (χ3v) is 3.50. The Bertz CT molecular complexity index is 671. The number of carbonyl (C=O) groups is 1. The number of benzene rings is 2. The second-order valence-corrected chi connectivity index (χ2v) is 5.50. The maximum Gasteiger partial charge on any atom is 0.281 e. The maximum atomic E-state index is 12.2. The second-order valence-electron chi connectivity index (χ2n) is 4.14. The van der Waals surface area contributed by atoms with E-state index in [-0.39, 0.29) is 28.5 Å². The highest BCUT2D eigenvalue weighted by molar-refractivity contribution is 9.10. The first-order chi connectivity index (χ1) is 9.47. The fraction of sp³-hybridized carbons (Fsp3) is 0.0714. The molecule has 0 heterocycles. The highest BCUT2D eigenvalue weighted by Crippen LogP contribution is 2.24. The van der Waals surface area contributed by atoms with Gasteiger partial charge in [-0.1, -0.05) is 39.7 Å². The predicted octanol–water partition coefficient (Wildman–Crippen LogP) is 4.44.